The van der Waals surface area contributed by atoms with Crippen molar-refractivity contribution in [3.05, 3.63) is 95.7 Å². The molecular formula is C33H34N4O3. The Morgan fingerprint density at radius 2 is 1.48 bits per heavy atom. The number of para-hydroxylation sites is 1. The maximum absolute atomic E-state index is 13.2. The molecule has 0 spiro atoms. The quantitative estimate of drug-likeness (QED) is 0.170. The Labute approximate surface area is 234 Å². The van der Waals surface area contributed by atoms with E-state index in [-0.39, 0.29) is 11.8 Å². The smallest absolute Gasteiger partial charge is 0.269 e. The van der Waals surface area contributed by atoms with Gasteiger partial charge in [-0.05, 0) is 67.8 Å². The highest BCUT2D eigenvalue weighted by Crippen LogP contribution is 2.33. The van der Waals surface area contributed by atoms with Crippen molar-refractivity contribution in [1.29, 1.82) is 0 Å². The molecule has 40 heavy (non-hydrogen) atoms. The molecule has 2 aromatic heterocycles. The van der Waals surface area contributed by atoms with Gasteiger partial charge in [0.15, 0.2) is 0 Å². The van der Waals surface area contributed by atoms with Gasteiger partial charge in [0.2, 0.25) is 0 Å². The lowest BCUT2D eigenvalue weighted by Crippen LogP contribution is -2.26. The van der Waals surface area contributed by atoms with Crippen molar-refractivity contribution in [3.63, 3.8) is 0 Å². The number of hydrogen-bond donors (Lipinski definition) is 3. The summed E-state index contributed by atoms with van der Waals surface area (Å²) in [6.45, 7) is 3.15. The molecular weight excluding hydrogens is 500 g/mol. The number of carbonyl (C=O) groups excluding carboxylic acids is 2. The van der Waals surface area contributed by atoms with Crippen LogP contribution in [-0.2, 0) is 0 Å². The van der Waals surface area contributed by atoms with Gasteiger partial charge in [-0.3, -0.25) is 9.59 Å². The van der Waals surface area contributed by atoms with Crippen LogP contribution in [0.3, 0.4) is 0 Å². The van der Waals surface area contributed by atoms with Crippen molar-refractivity contribution >= 4 is 33.6 Å². The van der Waals surface area contributed by atoms with E-state index in [9.17, 15) is 9.59 Å². The Morgan fingerprint density at radius 1 is 0.800 bits per heavy atom. The van der Waals surface area contributed by atoms with E-state index in [0.29, 0.717) is 18.8 Å². The van der Waals surface area contributed by atoms with Crippen molar-refractivity contribution in [2.75, 3.05) is 20.2 Å². The molecule has 0 bridgehead atoms. The number of aromatic nitrogens is 2. The first-order valence-electron chi connectivity index (χ1n) is 13.7. The van der Waals surface area contributed by atoms with Gasteiger partial charge in [0.25, 0.3) is 11.8 Å². The molecule has 204 valence electrons. The number of hydrogen-bond acceptors (Lipinski definition) is 4. The van der Waals surface area contributed by atoms with Gasteiger partial charge in [-0.25, -0.2) is 4.98 Å². The number of rotatable bonds is 11. The number of unbranched alkanes of at least 4 members (excludes halogenated alkanes) is 3. The number of fused-ring (bicyclic) bond motifs is 3. The third kappa shape index (κ3) is 5.99. The van der Waals surface area contributed by atoms with Crippen LogP contribution in [0, 0.1) is 6.92 Å². The van der Waals surface area contributed by atoms with Crippen LogP contribution < -0.4 is 15.4 Å². The highest BCUT2D eigenvalue weighted by atomic mass is 16.5. The van der Waals surface area contributed by atoms with Gasteiger partial charge in [-0.1, -0.05) is 49.2 Å². The Balaban J connectivity index is 1.18. The number of pyridine rings is 1. The van der Waals surface area contributed by atoms with Gasteiger partial charge in [0.05, 0.1) is 18.3 Å². The molecule has 7 nitrogen and oxygen atoms in total. The van der Waals surface area contributed by atoms with E-state index < -0.39 is 0 Å². The SMILES string of the molecule is COc1ccc(-c2nc(C(=O)NCCCCCCNC(=O)c3ccccc3C)cc3c2[nH]c2ccccc23)cc1. The fourth-order valence-electron chi connectivity index (χ4n) is 4.94. The van der Waals surface area contributed by atoms with E-state index in [1.54, 1.807) is 7.11 Å². The van der Waals surface area contributed by atoms with Gasteiger partial charge < -0.3 is 20.4 Å². The monoisotopic (exact) mass is 534 g/mol. The van der Waals surface area contributed by atoms with E-state index in [1.165, 1.54) is 0 Å². The van der Waals surface area contributed by atoms with E-state index >= 15 is 0 Å². The fraction of sp³-hybridized carbons (Fsp3) is 0.242. The molecule has 2 amide bonds. The summed E-state index contributed by atoms with van der Waals surface area (Å²) in [7, 11) is 1.64. The molecule has 0 saturated heterocycles. The average Bonchev–Trinajstić information content (AvgIpc) is 3.37. The number of benzene rings is 3. The van der Waals surface area contributed by atoms with Crippen LogP contribution in [0.5, 0.6) is 5.75 Å². The Bertz CT molecular complexity index is 1640. The average molecular weight is 535 g/mol. The zero-order valence-corrected chi connectivity index (χ0v) is 22.9. The molecule has 0 radical (unpaired) electrons. The summed E-state index contributed by atoms with van der Waals surface area (Å²) >= 11 is 0. The summed E-state index contributed by atoms with van der Waals surface area (Å²) in [6, 6.07) is 25.2. The molecule has 0 aliphatic heterocycles. The highest BCUT2D eigenvalue weighted by molar-refractivity contribution is 6.13. The largest absolute Gasteiger partial charge is 0.497 e. The van der Waals surface area contributed by atoms with E-state index in [1.807, 2.05) is 79.7 Å². The lowest BCUT2D eigenvalue weighted by Gasteiger charge is -2.10. The third-order valence-corrected chi connectivity index (χ3v) is 7.16. The van der Waals surface area contributed by atoms with E-state index in [4.69, 9.17) is 9.72 Å². The first-order chi connectivity index (χ1) is 19.5. The van der Waals surface area contributed by atoms with Gasteiger partial charge in [0.1, 0.15) is 11.4 Å². The molecule has 3 N–H and O–H groups in total. The number of H-pyrrole nitrogens is 1. The molecule has 0 atom stereocenters. The summed E-state index contributed by atoms with van der Waals surface area (Å²) in [4.78, 5) is 33.7. The molecule has 0 aliphatic rings. The Hall–Kier alpha value is -4.65. The van der Waals surface area contributed by atoms with Crippen molar-refractivity contribution in [2.45, 2.75) is 32.6 Å². The summed E-state index contributed by atoms with van der Waals surface area (Å²) in [6.07, 6.45) is 3.70. The number of amides is 2. The minimum Gasteiger partial charge on any atom is -0.497 e. The van der Waals surface area contributed by atoms with Crippen molar-refractivity contribution < 1.29 is 14.3 Å². The van der Waals surface area contributed by atoms with Crippen LogP contribution in [0.4, 0.5) is 0 Å². The zero-order chi connectivity index (χ0) is 27.9. The predicted octanol–water partition coefficient (Wildman–Crippen LogP) is 6.42. The number of methoxy groups -OCH3 is 1. The molecule has 0 aliphatic carbocycles. The molecule has 0 unspecified atom stereocenters. The van der Waals surface area contributed by atoms with Gasteiger partial charge in [-0.15, -0.1) is 0 Å². The van der Waals surface area contributed by atoms with Crippen LogP contribution in [0.2, 0.25) is 0 Å². The Morgan fingerprint density at radius 3 is 2.20 bits per heavy atom. The molecule has 2 heterocycles. The number of nitrogens with one attached hydrogen (secondary N) is 3. The fourth-order valence-corrected chi connectivity index (χ4v) is 4.94. The summed E-state index contributed by atoms with van der Waals surface area (Å²) < 4.78 is 5.31. The molecule has 0 saturated carbocycles. The van der Waals surface area contributed by atoms with Crippen LogP contribution >= 0.6 is 0 Å². The van der Waals surface area contributed by atoms with Crippen LogP contribution in [0.15, 0.2) is 78.9 Å². The van der Waals surface area contributed by atoms with Crippen molar-refractivity contribution in [1.82, 2.24) is 20.6 Å². The summed E-state index contributed by atoms with van der Waals surface area (Å²) in [5.74, 6) is 0.547. The highest BCUT2D eigenvalue weighted by Gasteiger charge is 2.17. The molecule has 5 rings (SSSR count). The molecule has 5 aromatic rings. The van der Waals surface area contributed by atoms with E-state index in [2.05, 4.69) is 21.7 Å². The maximum atomic E-state index is 13.2. The van der Waals surface area contributed by atoms with Crippen molar-refractivity contribution in [2.24, 2.45) is 0 Å². The third-order valence-electron chi connectivity index (χ3n) is 7.16. The van der Waals surface area contributed by atoms with Gasteiger partial charge in [-0.2, -0.15) is 0 Å². The number of nitrogens with zero attached hydrogens (tertiary/aromatic N) is 1. The molecule has 7 heteroatoms. The lowest BCUT2D eigenvalue weighted by atomic mass is 10.1. The number of ether oxygens (including phenoxy) is 1. The molecule has 0 fully saturated rings. The topological polar surface area (TPSA) is 96.1 Å². The molecule has 3 aromatic carbocycles. The normalized spacial score (nSPS) is 11.1. The van der Waals surface area contributed by atoms with Gasteiger partial charge >= 0.3 is 0 Å². The first kappa shape index (κ1) is 26.9. The number of aromatic amines is 1. The predicted molar refractivity (Wildman–Crippen MR) is 160 cm³/mol. The van der Waals surface area contributed by atoms with Crippen LogP contribution in [-0.4, -0.2) is 42.0 Å². The summed E-state index contributed by atoms with van der Waals surface area (Å²) in [5.41, 5.74) is 5.63. The van der Waals surface area contributed by atoms with Crippen LogP contribution in [0.1, 0.15) is 52.1 Å². The minimum absolute atomic E-state index is 0.0287. The second-order valence-corrected chi connectivity index (χ2v) is 9.92. The van der Waals surface area contributed by atoms with Crippen LogP contribution in [0.25, 0.3) is 33.1 Å². The summed E-state index contributed by atoms with van der Waals surface area (Å²) in [5, 5.41) is 8.05. The Kier molecular flexibility index (Phi) is 8.40. The zero-order valence-electron chi connectivity index (χ0n) is 22.9. The van der Waals surface area contributed by atoms with Gasteiger partial charge in [0, 0.05) is 40.5 Å². The first-order valence-corrected chi connectivity index (χ1v) is 13.7. The van der Waals surface area contributed by atoms with E-state index in [0.717, 1.165) is 75.6 Å². The lowest BCUT2D eigenvalue weighted by molar-refractivity contribution is 0.0940. The number of carbonyl (C=O) groups is 2. The maximum Gasteiger partial charge on any atom is 0.269 e. The minimum atomic E-state index is -0.188. The number of aryl methyl sites for hydroxylation is 1. The second kappa shape index (κ2) is 12.5. The van der Waals surface area contributed by atoms with Crippen molar-refractivity contribution in [3.8, 4) is 17.0 Å². The second-order valence-electron chi connectivity index (χ2n) is 9.92. The standard InChI is InChI=1S/C33H34N4O3/c1-22-11-5-6-12-25(22)32(38)34-19-9-3-4-10-20-35-33(39)29-21-27-26-13-7-8-14-28(26)36-31(27)30(37-29)23-15-17-24(40-2)18-16-23/h5-8,11-18,21,36H,3-4,9-10,19-20H2,1-2H3,(H,34,38)(H,35,39).